The zero-order valence-corrected chi connectivity index (χ0v) is 17.3. The highest BCUT2D eigenvalue weighted by Gasteiger charge is 2.26. The van der Waals surface area contributed by atoms with Crippen molar-refractivity contribution in [1.29, 1.82) is 0 Å². The fourth-order valence-electron chi connectivity index (χ4n) is 3.62. The normalized spacial score (nSPS) is 16.6. The number of carbonyl (C=O) groups excluding carboxylic acids is 1. The molecule has 1 aliphatic carbocycles. The topological polar surface area (TPSA) is 91.7 Å². The molecule has 152 valence electrons. The third kappa shape index (κ3) is 4.07. The molecule has 1 unspecified atom stereocenters. The lowest BCUT2D eigenvalue weighted by atomic mass is 9.93. The lowest BCUT2D eigenvalue weighted by molar-refractivity contribution is 0.246. The molecule has 0 radical (unpaired) electrons. The summed E-state index contributed by atoms with van der Waals surface area (Å²) in [6.07, 6.45) is 4.32. The number of fused-ring (bicyclic) bond motifs is 1. The molecule has 0 bridgehead atoms. The lowest BCUT2D eigenvalue weighted by Crippen LogP contribution is -2.34. The Morgan fingerprint density at radius 2 is 2.00 bits per heavy atom. The molecule has 2 amide bonds. The molecule has 28 heavy (non-hydrogen) atoms. The molecule has 0 aliphatic heterocycles. The van der Waals surface area contributed by atoms with E-state index in [-0.39, 0.29) is 17.0 Å². The van der Waals surface area contributed by atoms with Crippen molar-refractivity contribution in [3.8, 4) is 0 Å². The van der Waals surface area contributed by atoms with Crippen LogP contribution in [0.15, 0.2) is 39.8 Å². The molecule has 0 spiro atoms. The molecule has 0 saturated heterocycles. The molecule has 1 heterocycles. The Morgan fingerprint density at radius 1 is 1.25 bits per heavy atom. The first kappa shape index (κ1) is 20.4. The first-order chi connectivity index (χ1) is 13.4. The number of urea groups is 1. The van der Waals surface area contributed by atoms with Crippen molar-refractivity contribution >= 4 is 21.7 Å². The van der Waals surface area contributed by atoms with E-state index < -0.39 is 10.0 Å². The minimum absolute atomic E-state index is 0.105. The van der Waals surface area contributed by atoms with Crippen molar-refractivity contribution in [2.24, 2.45) is 0 Å². The molecule has 1 aromatic carbocycles. The van der Waals surface area contributed by atoms with Crippen LogP contribution in [0.2, 0.25) is 0 Å². The highest BCUT2D eigenvalue weighted by molar-refractivity contribution is 7.89. The zero-order chi connectivity index (χ0) is 20.3. The number of furan rings is 1. The second kappa shape index (κ2) is 8.36. The summed E-state index contributed by atoms with van der Waals surface area (Å²) in [7, 11) is -3.60. The number of anilines is 1. The van der Waals surface area contributed by atoms with Crippen LogP contribution in [0.5, 0.6) is 0 Å². The van der Waals surface area contributed by atoms with Crippen LogP contribution in [-0.4, -0.2) is 31.8 Å². The molecule has 7 nitrogen and oxygen atoms in total. The predicted molar refractivity (Wildman–Crippen MR) is 108 cm³/mol. The number of amides is 2. The number of aryl methyl sites for hydroxylation is 2. The van der Waals surface area contributed by atoms with Gasteiger partial charge in [0, 0.05) is 30.8 Å². The van der Waals surface area contributed by atoms with E-state index >= 15 is 0 Å². The van der Waals surface area contributed by atoms with E-state index in [9.17, 15) is 13.2 Å². The standard InChI is InChI=1S/C20H27N3O4S/c1-4-23(5-2)28(25,26)19-13-15(10-9-14(19)3)21-20(24)22-17-7-6-8-18-16(17)11-12-27-18/h9-13,17H,4-8H2,1-3H3,(H2,21,22,24). The van der Waals surface area contributed by atoms with Gasteiger partial charge in [0.2, 0.25) is 10.0 Å². The van der Waals surface area contributed by atoms with E-state index in [1.165, 1.54) is 10.4 Å². The average Bonchev–Trinajstić information content (AvgIpc) is 3.14. The second-order valence-electron chi connectivity index (χ2n) is 6.91. The van der Waals surface area contributed by atoms with Crippen molar-refractivity contribution in [1.82, 2.24) is 9.62 Å². The van der Waals surface area contributed by atoms with Crippen molar-refractivity contribution in [2.75, 3.05) is 18.4 Å². The largest absolute Gasteiger partial charge is 0.469 e. The number of carbonyl (C=O) groups is 1. The van der Waals surface area contributed by atoms with Crippen LogP contribution < -0.4 is 10.6 Å². The minimum Gasteiger partial charge on any atom is -0.469 e. The molecular formula is C20H27N3O4S. The number of nitrogens with one attached hydrogen (secondary N) is 2. The van der Waals surface area contributed by atoms with E-state index in [4.69, 9.17) is 4.42 Å². The van der Waals surface area contributed by atoms with Crippen LogP contribution in [0.1, 0.15) is 49.6 Å². The molecule has 1 aliphatic rings. The van der Waals surface area contributed by atoms with E-state index in [0.29, 0.717) is 24.3 Å². The molecule has 1 atom stereocenters. The summed E-state index contributed by atoms with van der Waals surface area (Å²) < 4.78 is 32.6. The van der Waals surface area contributed by atoms with Gasteiger partial charge >= 0.3 is 6.03 Å². The van der Waals surface area contributed by atoms with Gasteiger partial charge in [-0.15, -0.1) is 0 Å². The Kier molecular flexibility index (Phi) is 6.10. The maximum Gasteiger partial charge on any atom is 0.319 e. The third-order valence-corrected chi connectivity index (χ3v) is 7.32. The predicted octanol–water partition coefficient (Wildman–Crippen LogP) is 3.82. The highest BCUT2D eigenvalue weighted by Crippen LogP contribution is 2.30. The SMILES string of the molecule is CCN(CC)S(=O)(=O)c1cc(NC(=O)NC2CCCc3occc32)ccc1C. The van der Waals surface area contributed by atoms with Crippen LogP contribution in [0.3, 0.4) is 0 Å². The van der Waals surface area contributed by atoms with Gasteiger partial charge in [-0.25, -0.2) is 13.2 Å². The van der Waals surface area contributed by atoms with Crippen molar-refractivity contribution < 1.29 is 17.6 Å². The van der Waals surface area contributed by atoms with Gasteiger partial charge in [0.25, 0.3) is 0 Å². The fourth-order valence-corrected chi connectivity index (χ4v) is 5.33. The summed E-state index contributed by atoms with van der Waals surface area (Å²) in [6.45, 7) is 6.15. The van der Waals surface area contributed by atoms with Crippen LogP contribution in [0.4, 0.5) is 10.5 Å². The first-order valence-corrected chi connectivity index (χ1v) is 11.0. The Bertz CT molecular complexity index is 948. The van der Waals surface area contributed by atoms with E-state index in [1.807, 2.05) is 6.07 Å². The quantitative estimate of drug-likeness (QED) is 0.764. The summed E-state index contributed by atoms with van der Waals surface area (Å²) in [4.78, 5) is 12.7. The lowest BCUT2D eigenvalue weighted by Gasteiger charge is -2.23. The Labute approximate surface area is 166 Å². The maximum absolute atomic E-state index is 12.9. The summed E-state index contributed by atoms with van der Waals surface area (Å²) in [5.74, 6) is 0.916. The van der Waals surface area contributed by atoms with Crippen LogP contribution in [0.25, 0.3) is 0 Å². The van der Waals surface area contributed by atoms with Crippen LogP contribution >= 0.6 is 0 Å². The Hall–Kier alpha value is -2.32. The van der Waals surface area contributed by atoms with Gasteiger partial charge in [0.15, 0.2) is 0 Å². The number of nitrogens with zero attached hydrogens (tertiary/aromatic N) is 1. The maximum atomic E-state index is 12.9. The highest BCUT2D eigenvalue weighted by atomic mass is 32.2. The number of hydrogen-bond donors (Lipinski definition) is 2. The van der Waals surface area contributed by atoms with Gasteiger partial charge in [-0.2, -0.15) is 4.31 Å². The van der Waals surface area contributed by atoms with Crippen molar-refractivity contribution in [3.63, 3.8) is 0 Å². The van der Waals surface area contributed by atoms with Gasteiger partial charge in [0.05, 0.1) is 17.2 Å². The van der Waals surface area contributed by atoms with Gasteiger partial charge in [-0.1, -0.05) is 19.9 Å². The zero-order valence-electron chi connectivity index (χ0n) is 16.5. The summed E-state index contributed by atoms with van der Waals surface area (Å²) in [5.41, 5.74) is 2.10. The monoisotopic (exact) mass is 405 g/mol. The Morgan fingerprint density at radius 3 is 2.71 bits per heavy atom. The van der Waals surface area contributed by atoms with E-state index in [0.717, 1.165) is 30.6 Å². The van der Waals surface area contributed by atoms with Gasteiger partial charge in [0.1, 0.15) is 5.76 Å². The van der Waals surface area contributed by atoms with Crippen LogP contribution in [-0.2, 0) is 16.4 Å². The number of rotatable bonds is 6. The van der Waals surface area contributed by atoms with Crippen molar-refractivity contribution in [3.05, 3.63) is 47.4 Å². The van der Waals surface area contributed by atoms with E-state index in [2.05, 4.69) is 10.6 Å². The Balaban J connectivity index is 1.76. The number of hydrogen-bond acceptors (Lipinski definition) is 4. The van der Waals surface area contributed by atoms with Crippen LogP contribution in [0, 0.1) is 6.92 Å². The van der Waals surface area contributed by atoms with Gasteiger partial charge < -0.3 is 15.1 Å². The fraction of sp³-hybridized carbons (Fsp3) is 0.450. The molecule has 0 saturated carbocycles. The van der Waals surface area contributed by atoms with Gasteiger partial charge in [-0.3, -0.25) is 0 Å². The molecule has 1 aromatic heterocycles. The summed E-state index contributed by atoms with van der Waals surface area (Å²) in [5, 5.41) is 5.72. The first-order valence-electron chi connectivity index (χ1n) is 9.61. The van der Waals surface area contributed by atoms with Crippen molar-refractivity contribution in [2.45, 2.75) is 51.0 Å². The molecular weight excluding hydrogens is 378 g/mol. The summed E-state index contributed by atoms with van der Waals surface area (Å²) >= 11 is 0. The molecule has 3 rings (SSSR count). The number of benzene rings is 1. The smallest absolute Gasteiger partial charge is 0.319 e. The molecule has 2 N–H and O–H groups in total. The van der Waals surface area contributed by atoms with Gasteiger partial charge in [-0.05, 0) is 43.5 Å². The summed E-state index contributed by atoms with van der Waals surface area (Å²) in [6, 6.07) is 6.36. The molecule has 2 aromatic rings. The average molecular weight is 406 g/mol. The molecule has 8 heteroatoms. The second-order valence-corrected chi connectivity index (χ2v) is 8.82. The minimum atomic E-state index is -3.60. The van der Waals surface area contributed by atoms with E-state index in [1.54, 1.807) is 39.2 Å². The third-order valence-electron chi connectivity index (χ3n) is 5.13. The number of sulfonamides is 1. The molecule has 0 fully saturated rings.